The molecule has 0 spiro atoms. The van der Waals surface area contributed by atoms with Crippen LogP contribution in [-0.2, 0) is 9.53 Å². The monoisotopic (exact) mass is 183 g/mol. The van der Waals surface area contributed by atoms with Gasteiger partial charge in [-0.25, -0.2) is 0 Å². The van der Waals surface area contributed by atoms with Gasteiger partial charge < -0.3 is 10.5 Å². The molecule has 0 aliphatic heterocycles. The Balaban J connectivity index is 1.97. The van der Waals surface area contributed by atoms with Crippen molar-refractivity contribution in [3.63, 3.8) is 0 Å². The zero-order valence-corrected chi connectivity index (χ0v) is 8.08. The number of hydrogen-bond acceptors (Lipinski definition) is 3. The summed E-state index contributed by atoms with van der Waals surface area (Å²) in [6.07, 6.45) is 3.53. The second-order valence-electron chi connectivity index (χ2n) is 4.23. The minimum atomic E-state index is -0.281. The molecule has 2 atom stereocenters. The predicted molar refractivity (Wildman–Crippen MR) is 49.0 cm³/mol. The van der Waals surface area contributed by atoms with Crippen LogP contribution >= 0.6 is 0 Å². The van der Waals surface area contributed by atoms with Gasteiger partial charge in [0.25, 0.3) is 0 Å². The maximum atomic E-state index is 11.6. The highest BCUT2D eigenvalue weighted by Crippen LogP contribution is 2.62. The summed E-state index contributed by atoms with van der Waals surface area (Å²) in [4.78, 5) is 11.6. The summed E-state index contributed by atoms with van der Waals surface area (Å²) in [6, 6.07) is 0. The van der Waals surface area contributed by atoms with E-state index >= 15 is 0 Å². The second kappa shape index (κ2) is 2.98. The standard InChI is InChI=1S/C10H17NO2/c1-2-13-9(12)10(6-11)5-8(10)7-3-4-7/h7-8H,2-6,11H2,1H3/t8-,10+/m0/s1. The van der Waals surface area contributed by atoms with Crippen molar-refractivity contribution in [3.8, 4) is 0 Å². The lowest BCUT2D eigenvalue weighted by Gasteiger charge is -2.12. The first-order valence-electron chi connectivity index (χ1n) is 5.12. The van der Waals surface area contributed by atoms with E-state index in [1.807, 2.05) is 6.92 Å². The van der Waals surface area contributed by atoms with Crippen LogP contribution < -0.4 is 5.73 Å². The summed E-state index contributed by atoms with van der Waals surface area (Å²) in [7, 11) is 0. The van der Waals surface area contributed by atoms with E-state index in [2.05, 4.69) is 0 Å². The Labute approximate surface area is 78.6 Å². The number of nitrogens with two attached hydrogens (primary N) is 1. The van der Waals surface area contributed by atoms with Crippen LogP contribution in [0, 0.1) is 17.3 Å². The average molecular weight is 183 g/mol. The molecule has 0 aromatic carbocycles. The summed E-state index contributed by atoms with van der Waals surface area (Å²) in [6.45, 7) is 2.78. The fourth-order valence-electron chi connectivity index (χ4n) is 2.28. The van der Waals surface area contributed by atoms with Crippen molar-refractivity contribution in [2.45, 2.75) is 26.2 Å². The van der Waals surface area contributed by atoms with Gasteiger partial charge in [-0.3, -0.25) is 4.79 Å². The van der Waals surface area contributed by atoms with Gasteiger partial charge in [-0.2, -0.15) is 0 Å². The fourth-order valence-corrected chi connectivity index (χ4v) is 2.28. The summed E-state index contributed by atoms with van der Waals surface area (Å²) in [5.41, 5.74) is 5.37. The first kappa shape index (κ1) is 9.00. The minimum absolute atomic E-state index is 0.0607. The molecule has 2 aliphatic rings. The van der Waals surface area contributed by atoms with Crippen molar-refractivity contribution >= 4 is 5.97 Å². The summed E-state index contributed by atoms with van der Waals surface area (Å²) in [5, 5.41) is 0. The van der Waals surface area contributed by atoms with Gasteiger partial charge in [0.2, 0.25) is 0 Å². The van der Waals surface area contributed by atoms with Crippen molar-refractivity contribution in [1.82, 2.24) is 0 Å². The van der Waals surface area contributed by atoms with Crippen LogP contribution in [0.2, 0.25) is 0 Å². The lowest BCUT2D eigenvalue weighted by molar-refractivity contribution is -0.150. The maximum Gasteiger partial charge on any atom is 0.313 e. The SMILES string of the molecule is CCOC(=O)[C@@]1(CN)C[C@H]1C1CC1. The number of carbonyl (C=O) groups is 1. The summed E-state index contributed by atoms with van der Waals surface area (Å²) < 4.78 is 5.05. The number of carbonyl (C=O) groups excluding carboxylic acids is 1. The third-order valence-electron chi connectivity index (χ3n) is 3.37. The Morgan fingerprint density at radius 2 is 2.31 bits per heavy atom. The van der Waals surface area contributed by atoms with Gasteiger partial charge in [-0.05, 0) is 38.0 Å². The van der Waals surface area contributed by atoms with Crippen LogP contribution in [0.25, 0.3) is 0 Å². The Morgan fingerprint density at radius 1 is 1.62 bits per heavy atom. The largest absolute Gasteiger partial charge is 0.466 e. The van der Waals surface area contributed by atoms with Gasteiger partial charge in [-0.1, -0.05) is 0 Å². The van der Waals surface area contributed by atoms with Crippen molar-refractivity contribution in [3.05, 3.63) is 0 Å². The molecule has 0 heterocycles. The molecule has 0 bridgehead atoms. The van der Waals surface area contributed by atoms with Crippen LogP contribution in [0.3, 0.4) is 0 Å². The van der Waals surface area contributed by atoms with E-state index in [4.69, 9.17) is 10.5 Å². The van der Waals surface area contributed by atoms with Crippen LogP contribution in [0.5, 0.6) is 0 Å². The average Bonchev–Trinajstić information content (AvgIpc) is 2.99. The number of esters is 1. The lowest BCUT2D eigenvalue weighted by Crippen LogP contribution is -2.29. The van der Waals surface area contributed by atoms with E-state index < -0.39 is 0 Å². The molecule has 2 N–H and O–H groups in total. The van der Waals surface area contributed by atoms with E-state index in [0.29, 0.717) is 19.1 Å². The molecule has 3 nitrogen and oxygen atoms in total. The summed E-state index contributed by atoms with van der Waals surface area (Å²) in [5.74, 6) is 1.25. The third-order valence-corrected chi connectivity index (χ3v) is 3.37. The van der Waals surface area contributed by atoms with Crippen LogP contribution in [0.1, 0.15) is 26.2 Å². The zero-order chi connectivity index (χ0) is 9.47. The molecule has 0 radical (unpaired) electrons. The molecule has 3 heteroatoms. The van der Waals surface area contributed by atoms with Crippen molar-refractivity contribution in [2.75, 3.05) is 13.2 Å². The minimum Gasteiger partial charge on any atom is -0.466 e. The first-order chi connectivity index (χ1) is 6.24. The van der Waals surface area contributed by atoms with Crippen LogP contribution in [0.4, 0.5) is 0 Å². The number of ether oxygens (including phenoxy) is 1. The van der Waals surface area contributed by atoms with E-state index in [-0.39, 0.29) is 11.4 Å². The molecule has 2 rings (SSSR count). The highest BCUT2D eigenvalue weighted by atomic mass is 16.5. The van der Waals surface area contributed by atoms with E-state index in [9.17, 15) is 4.79 Å². The topological polar surface area (TPSA) is 52.3 Å². The van der Waals surface area contributed by atoms with Crippen LogP contribution in [-0.4, -0.2) is 19.1 Å². The van der Waals surface area contributed by atoms with Gasteiger partial charge >= 0.3 is 5.97 Å². The smallest absolute Gasteiger partial charge is 0.313 e. The van der Waals surface area contributed by atoms with Gasteiger partial charge in [0, 0.05) is 6.54 Å². The van der Waals surface area contributed by atoms with Gasteiger partial charge in [0.1, 0.15) is 0 Å². The van der Waals surface area contributed by atoms with Gasteiger partial charge in [0.15, 0.2) is 0 Å². The van der Waals surface area contributed by atoms with E-state index in [1.165, 1.54) is 12.8 Å². The second-order valence-corrected chi connectivity index (χ2v) is 4.23. The number of hydrogen-bond donors (Lipinski definition) is 1. The summed E-state index contributed by atoms with van der Waals surface area (Å²) >= 11 is 0. The molecule has 0 amide bonds. The predicted octanol–water partition coefficient (Wildman–Crippen LogP) is 0.924. The van der Waals surface area contributed by atoms with Gasteiger partial charge in [-0.15, -0.1) is 0 Å². The Hall–Kier alpha value is -0.570. The molecule has 0 aromatic rings. The van der Waals surface area contributed by atoms with Crippen LogP contribution in [0.15, 0.2) is 0 Å². The maximum absolute atomic E-state index is 11.6. The Bertz CT molecular complexity index is 225. The lowest BCUT2D eigenvalue weighted by atomic mass is 10.0. The first-order valence-corrected chi connectivity index (χ1v) is 5.12. The van der Waals surface area contributed by atoms with E-state index in [0.717, 1.165) is 12.3 Å². The molecule has 0 saturated heterocycles. The molecule has 74 valence electrons. The fraction of sp³-hybridized carbons (Fsp3) is 0.900. The quantitative estimate of drug-likeness (QED) is 0.659. The number of rotatable bonds is 4. The molecule has 0 aromatic heterocycles. The third kappa shape index (κ3) is 1.35. The molecule has 2 aliphatic carbocycles. The molecule has 13 heavy (non-hydrogen) atoms. The zero-order valence-electron chi connectivity index (χ0n) is 8.08. The van der Waals surface area contributed by atoms with Crippen molar-refractivity contribution in [1.29, 1.82) is 0 Å². The normalized spacial score (nSPS) is 37.2. The molecule has 0 unspecified atom stereocenters. The Morgan fingerprint density at radius 3 is 2.77 bits per heavy atom. The molecular formula is C10H17NO2. The van der Waals surface area contributed by atoms with Crippen molar-refractivity contribution < 1.29 is 9.53 Å². The highest BCUT2D eigenvalue weighted by molar-refractivity contribution is 5.81. The molecule has 2 fully saturated rings. The highest BCUT2D eigenvalue weighted by Gasteiger charge is 2.64. The van der Waals surface area contributed by atoms with E-state index in [1.54, 1.807) is 0 Å². The van der Waals surface area contributed by atoms with Gasteiger partial charge in [0.05, 0.1) is 12.0 Å². The molecule has 2 saturated carbocycles. The molecular weight excluding hydrogens is 166 g/mol. The van der Waals surface area contributed by atoms with Crippen molar-refractivity contribution in [2.24, 2.45) is 23.0 Å². The Kier molecular flexibility index (Phi) is 2.06.